The molecule has 0 saturated heterocycles. The molecule has 0 saturated carbocycles. The molecule has 2 N–H and O–H groups in total. The molecular weight excluding hydrogens is 212 g/mol. The van der Waals surface area contributed by atoms with Gasteiger partial charge in [0.05, 0.1) is 5.69 Å². The Kier molecular flexibility index (Phi) is 3.35. The molecule has 1 aromatic heterocycles. The van der Waals surface area contributed by atoms with Crippen molar-refractivity contribution in [2.24, 2.45) is 5.73 Å². The average Bonchev–Trinajstić information content (AvgIpc) is 2.39. The topological polar surface area (TPSA) is 55.0 Å². The lowest BCUT2D eigenvalue weighted by Gasteiger charge is -2.19. The van der Waals surface area contributed by atoms with Gasteiger partial charge in [-0.1, -0.05) is 18.2 Å². The molecule has 4 nitrogen and oxygen atoms in total. The molecule has 0 atom stereocenters. The molecule has 2 aromatic rings. The predicted octanol–water partition coefficient (Wildman–Crippen LogP) is 2.01. The van der Waals surface area contributed by atoms with Crippen molar-refractivity contribution in [1.29, 1.82) is 0 Å². The van der Waals surface area contributed by atoms with Gasteiger partial charge < -0.3 is 10.6 Å². The summed E-state index contributed by atoms with van der Waals surface area (Å²) in [5.74, 6) is 0.816. The fraction of sp³-hybridized carbons (Fsp3) is 0.231. The zero-order chi connectivity index (χ0) is 12.3. The maximum absolute atomic E-state index is 5.50. The van der Waals surface area contributed by atoms with E-state index in [0.29, 0.717) is 6.54 Å². The van der Waals surface area contributed by atoms with E-state index in [4.69, 9.17) is 5.73 Å². The Balaban J connectivity index is 2.30. The summed E-state index contributed by atoms with van der Waals surface area (Å²) in [5.41, 5.74) is 8.63. The number of nitrogens with two attached hydrogens (primary N) is 1. The van der Waals surface area contributed by atoms with Crippen molar-refractivity contribution < 1.29 is 0 Å². The number of anilines is 2. The normalized spacial score (nSPS) is 10.3. The van der Waals surface area contributed by atoms with Crippen molar-refractivity contribution in [2.75, 3.05) is 11.9 Å². The van der Waals surface area contributed by atoms with Crippen LogP contribution in [-0.2, 0) is 6.54 Å². The Morgan fingerprint density at radius 1 is 1.12 bits per heavy atom. The number of aromatic nitrogens is 2. The Morgan fingerprint density at radius 2 is 1.88 bits per heavy atom. The largest absolute Gasteiger partial charge is 0.328 e. The van der Waals surface area contributed by atoms with Crippen molar-refractivity contribution in [3.8, 4) is 0 Å². The lowest BCUT2D eigenvalue weighted by atomic mass is 10.2. The van der Waals surface area contributed by atoms with E-state index >= 15 is 0 Å². The fourth-order valence-corrected chi connectivity index (χ4v) is 1.70. The van der Waals surface area contributed by atoms with Gasteiger partial charge in [-0.25, -0.2) is 0 Å². The molecule has 88 valence electrons. The summed E-state index contributed by atoms with van der Waals surface area (Å²) in [6.07, 6.45) is 0. The minimum absolute atomic E-state index is 0.418. The lowest BCUT2D eigenvalue weighted by molar-refractivity contribution is 0.886. The van der Waals surface area contributed by atoms with Crippen molar-refractivity contribution in [1.82, 2.24) is 10.2 Å². The molecule has 2 rings (SSSR count). The number of benzene rings is 1. The summed E-state index contributed by atoms with van der Waals surface area (Å²) in [7, 11) is 1.98. The van der Waals surface area contributed by atoms with Crippen LogP contribution in [0.3, 0.4) is 0 Å². The molecule has 0 fully saturated rings. The van der Waals surface area contributed by atoms with Crippen LogP contribution in [0, 0.1) is 6.92 Å². The number of aryl methyl sites for hydroxylation is 1. The van der Waals surface area contributed by atoms with E-state index in [1.165, 1.54) is 5.56 Å². The molecular formula is C13H16N4. The summed E-state index contributed by atoms with van der Waals surface area (Å²) in [4.78, 5) is 2.02. The van der Waals surface area contributed by atoms with E-state index in [9.17, 15) is 0 Å². The molecule has 0 amide bonds. The van der Waals surface area contributed by atoms with Crippen LogP contribution in [0.1, 0.15) is 11.3 Å². The first kappa shape index (κ1) is 11.5. The first-order valence-electron chi connectivity index (χ1n) is 5.54. The second-order valence-electron chi connectivity index (χ2n) is 3.93. The first-order valence-corrected chi connectivity index (χ1v) is 5.54. The zero-order valence-corrected chi connectivity index (χ0v) is 10.1. The van der Waals surface area contributed by atoms with Crippen LogP contribution in [0.25, 0.3) is 0 Å². The van der Waals surface area contributed by atoms with Crippen LogP contribution in [0.4, 0.5) is 11.5 Å². The van der Waals surface area contributed by atoms with Crippen LogP contribution in [0.15, 0.2) is 36.4 Å². The van der Waals surface area contributed by atoms with Crippen LogP contribution < -0.4 is 10.6 Å². The quantitative estimate of drug-likeness (QED) is 0.873. The summed E-state index contributed by atoms with van der Waals surface area (Å²) < 4.78 is 0. The minimum Gasteiger partial charge on any atom is -0.328 e. The van der Waals surface area contributed by atoms with E-state index in [1.54, 1.807) is 0 Å². The van der Waals surface area contributed by atoms with Crippen molar-refractivity contribution in [3.05, 3.63) is 47.7 Å². The van der Waals surface area contributed by atoms with Gasteiger partial charge in [0, 0.05) is 19.3 Å². The molecule has 0 aliphatic rings. The number of para-hydroxylation sites is 1. The molecule has 0 bridgehead atoms. The van der Waals surface area contributed by atoms with Crippen molar-refractivity contribution >= 4 is 11.5 Å². The highest BCUT2D eigenvalue weighted by molar-refractivity contribution is 5.62. The van der Waals surface area contributed by atoms with Crippen molar-refractivity contribution in [2.45, 2.75) is 13.5 Å². The molecule has 0 aliphatic carbocycles. The molecule has 4 heteroatoms. The van der Waals surface area contributed by atoms with Crippen LogP contribution in [0.5, 0.6) is 0 Å². The van der Waals surface area contributed by atoms with Crippen LogP contribution in [0.2, 0.25) is 0 Å². The van der Waals surface area contributed by atoms with Crippen molar-refractivity contribution in [3.63, 3.8) is 0 Å². The second-order valence-corrected chi connectivity index (χ2v) is 3.93. The molecule has 1 aromatic carbocycles. The van der Waals surface area contributed by atoms with E-state index in [1.807, 2.05) is 36.2 Å². The van der Waals surface area contributed by atoms with E-state index < -0.39 is 0 Å². The molecule has 0 unspecified atom stereocenters. The fourth-order valence-electron chi connectivity index (χ4n) is 1.70. The maximum atomic E-state index is 5.50. The van der Waals surface area contributed by atoms with Gasteiger partial charge in [-0.15, -0.1) is 5.10 Å². The van der Waals surface area contributed by atoms with Gasteiger partial charge in [0.15, 0.2) is 5.82 Å². The monoisotopic (exact) mass is 228 g/mol. The Labute approximate surface area is 101 Å². The third-order valence-electron chi connectivity index (χ3n) is 2.74. The van der Waals surface area contributed by atoms with Gasteiger partial charge in [0.25, 0.3) is 0 Å². The molecule has 1 heterocycles. The number of nitrogens with zero attached hydrogens (tertiary/aromatic N) is 3. The predicted molar refractivity (Wildman–Crippen MR) is 69.2 cm³/mol. The highest BCUT2D eigenvalue weighted by Gasteiger charge is 2.07. The summed E-state index contributed by atoms with van der Waals surface area (Å²) in [6, 6.07) is 12.0. The summed E-state index contributed by atoms with van der Waals surface area (Å²) >= 11 is 0. The minimum atomic E-state index is 0.418. The van der Waals surface area contributed by atoms with Crippen LogP contribution in [-0.4, -0.2) is 17.2 Å². The SMILES string of the molecule is Cc1ccccc1N(C)c1ccc(CN)nn1. The summed E-state index contributed by atoms with van der Waals surface area (Å²) in [5, 5.41) is 8.22. The number of rotatable bonds is 3. The standard InChI is InChI=1S/C13H16N4/c1-10-5-3-4-6-12(10)17(2)13-8-7-11(9-14)15-16-13/h3-8H,9,14H2,1-2H3. The van der Waals surface area contributed by atoms with Gasteiger partial charge in [0.1, 0.15) is 0 Å². The lowest BCUT2D eigenvalue weighted by Crippen LogP contribution is -2.13. The molecule has 0 spiro atoms. The van der Waals surface area contributed by atoms with Crippen LogP contribution >= 0.6 is 0 Å². The second kappa shape index (κ2) is 4.93. The number of hydrogen-bond donors (Lipinski definition) is 1. The maximum Gasteiger partial charge on any atom is 0.155 e. The zero-order valence-electron chi connectivity index (χ0n) is 10.1. The van der Waals surface area contributed by atoms with Gasteiger partial charge in [-0.05, 0) is 30.7 Å². The Morgan fingerprint density at radius 3 is 2.47 bits per heavy atom. The van der Waals surface area contributed by atoms with Gasteiger partial charge in [0.2, 0.25) is 0 Å². The van der Waals surface area contributed by atoms with Gasteiger partial charge >= 0.3 is 0 Å². The Bertz CT molecular complexity index is 493. The van der Waals surface area contributed by atoms with E-state index in [0.717, 1.165) is 17.2 Å². The first-order chi connectivity index (χ1) is 8.22. The van der Waals surface area contributed by atoms with Gasteiger partial charge in [-0.3, -0.25) is 0 Å². The highest BCUT2D eigenvalue weighted by atomic mass is 15.2. The van der Waals surface area contributed by atoms with E-state index in [-0.39, 0.29) is 0 Å². The van der Waals surface area contributed by atoms with E-state index in [2.05, 4.69) is 29.3 Å². The summed E-state index contributed by atoms with van der Waals surface area (Å²) in [6.45, 7) is 2.49. The molecule has 0 aliphatic heterocycles. The van der Waals surface area contributed by atoms with Gasteiger partial charge in [-0.2, -0.15) is 5.10 Å². The molecule has 0 radical (unpaired) electrons. The Hall–Kier alpha value is -1.94. The average molecular weight is 228 g/mol. The smallest absolute Gasteiger partial charge is 0.155 e. The highest BCUT2D eigenvalue weighted by Crippen LogP contribution is 2.24. The number of hydrogen-bond acceptors (Lipinski definition) is 4. The third kappa shape index (κ3) is 2.42. The molecule has 17 heavy (non-hydrogen) atoms. The third-order valence-corrected chi connectivity index (χ3v) is 2.74.